The molecule has 0 spiro atoms. The number of nitrogens with zero attached hydrogens (tertiary/aromatic N) is 3. The third kappa shape index (κ3) is 2.74. The van der Waals surface area contributed by atoms with Crippen molar-refractivity contribution >= 4 is 23.4 Å². The second-order valence-corrected chi connectivity index (χ2v) is 4.12. The Labute approximate surface area is 113 Å². The van der Waals surface area contributed by atoms with E-state index in [0.717, 1.165) is 10.5 Å². The zero-order valence-corrected chi connectivity index (χ0v) is 10.6. The van der Waals surface area contributed by atoms with Crippen molar-refractivity contribution in [1.29, 1.82) is 0 Å². The molecular weight excluding hydrogens is 264 g/mol. The van der Waals surface area contributed by atoms with E-state index in [1.807, 2.05) is 6.92 Å². The quantitative estimate of drug-likeness (QED) is 0.842. The summed E-state index contributed by atoms with van der Waals surface area (Å²) in [4.78, 5) is 24.2. The van der Waals surface area contributed by atoms with E-state index in [2.05, 4.69) is 14.9 Å². The Hall–Kier alpha value is -2.90. The molecule has 0 unspecified atom stereocenters. The molecule has 2 aromatic rings. The first kappa shape index (κ1) is 13.5. The lowest BCUT2D eigenvalue weighted by Crippen LogP contribution is -2.36. The van der Waals surface area contributed by atoms with Crippen LogP contribution in [-0.4, -0.2) is 33.8 Å². The highest BCUT2D eigenvalue weighted by Crippen LogP contribution is 2.19. The first-order chi connectivity index (χ1) is 9.49. The molecule has 3 N–H and O–H groups in total. The van der Waals surface area contributed by atoms with E-state index in [4.69, 9.17) is 10.8 Å². The third-order valence-corrected chi connectivity index (χ3v) is 2.60. The van der Waals surface area contributed by atoms with E-state index >= 15 is 0 Å². The summed E-state index contributed by atoms with van der Waals surface area (Å²) in [5, 5.41) is 15.6. The number of benzene rings is 1. The molecule has 0 aliphatic carbocycles. The maximum absolute atomic E-state index is 12.3. The van der Waals surface area contributed by atoms with Crippen LogP contribution in [0, 0.1) is 6.92 Å². The number of carbonyl (C=O) groups is 2. The second-order valence-electron chi connectivity index (χ2n) is 4.12. The van der Waals surface area contributed by atoms with Crippen molar-refractivity contribution in [3.63, 3.8) is 0 Å². The molecule has 1 aromatic carbocycles. The molecule has 1 heterocycles. The molecule has 0 saturated heterocycles. The molecule has 2 rings (SSSR count). The Balaban J connectivity index is 2.37. The summed E-state index contributed by atoms with van der Waals surface area (Å²) in [5.74, 6) is -2.03. The van der Waals surface area contributed by atoms with Crippen LogP contribution in [0.2, 0.25) is 0 Å². The largest absolute Gasteiger partial charge is 0.480 e. The monoisotopic (exact) mass is 276 g/mol. The maximum Gasteiger partial charge on any atom is 0.323 e. The number of nitrogen functional groups attached to an aromatic ring is 1. The Kier molecular flexibility index (Phi) is 3.65. The van der Waals surface area contributed by atoms with Gasteiger partial charge in [-0.2, -0.15) is 0 Å². The Morgan fingerprint density at radius 1 is 1.30 bits per heavy atom. The van der Waals surface area contributed by atoms with Gasteiger partial charge in [0.05, 0.1) is 0 Å². The van der Waals surface area contributed by atoms with Crippen molar-refractivity contribution in [2.24, 2.45) is 0 Å². The molecular formula is C12H12N4O4. The Morgan fingerprint density at radius 2 is 1.95 bits per heavy atom. The Morgan fingerprint density at radius 3 is 2.45 bits per heavy atom. The van der Waals surface area contributed by atoms with E-state index in [1.165, 1.54) is 0 Å². The van der Waals surface area contributed by atoms with E-state index in [0.29, 0.717) is 5.69 Å². The van der Waals surface area contributed by atoms with Gasteiger partial charge in [0.2, 0.25) is 11.5 Å². The number of aliphatic carboxylic acids is 1. The fraction of sp³-hybridized carbons (Fsp3) is 0.167. The van der Waals surface area contributed by atoms with Gasteiger partial charge in [-0.3, -0.25) is 14.5 Å². The lowest BCUT2D eigenvalue weighted by atomic mass is 10.2. The van der Waals surface area contributed by atoms with Crippen LogP contribution in [0.25, 0.3) is 0 Å². The molecule has 0 aliphatic heterocycles. The van der Waals surface area contributed by atoms with Crippen molar-refractivity contribution in [3.05, 3.63) is 35.5 Å². The highest BCUT2D eigenvalue weighted by atomic mass is 16.6. The van der Waals surface area contributed by atoms with Gasteiger partial charge in [-0.15, -0.1) is 0 Å². The zero-order chi connectivity index (χ0) is 14.7. The van der Waals surface area contributed by atoms with E-state index in [9.17, 15) is 9.59 Å². The SMILES string of the molecule is Cc1ccc(N(CC(=O)O)C(=O)c2nonc2N)cc1. The number of amides is 1. The second kappa shape index (κ2) is 5.39. The summed E-state index contributed by atoms with van der Waals surface area (Å²) in [6, 6.07) is 6.81. The van der Waals surface area contributed by atoms with Gasteiger partial charge in [0.25, 0.3) is 5.91 Å². The van der Waals surface area contributed by atoms with Gasteiger partial charge in [0, 0.05) is 5.69 Å². The summed E-state index contributed by atoms with van der Waals surface area (Å²) in [5.41, 5.74) is 6.64. The van der Waals surface area contributed by atoms with Gasteiger partial charge in [0.1, 0.15) is 6.54 Å². The lowest BCUT2D eigenvalue weighted by Gasteiger charge is -2.19. The molecule has 8 nitrogen and oxygen atoms in total. The summed E-state index contributed by atoms with van der Waals surface area (Å²) < 4.78 is 4.36. The predicted octanol–water partition coefficient (Wildman–Crippen LogP) is 0.692. The summed E-state index contributed by atoms with van der Waals surface area (Å²) in [7, 11) is 0. The number of carboxylic acids is 1. The Bertz CT molecular complexity index is 635. The topological polar surface area (TPSA) is 123 Å². The van der Waals surface area contributed by atoms with Crippen LogP contribution < -0.4 is 10.6 Å². The standard InChI is InChI=1S/C12H12N4O4/c1-7-2-4-8(5-3-7)16(6-9(17)18)12(19)10-11(13)15-20-14-10/h2-5H,6H2,1H3,(H2,13,15)(H,17,18). The lowest BCUT2D eigenvalue weighted by molar-refractivity contribution is -0.135. The van der Waals surface area contributed by atoms with Gasteiger partial charge < -0.3 is 10.8 Å². The van der Waals surface area contributed by atoms with E-state index in [-0.39, 0.29) is 11.5 Å². The first-order valence-corrected chi connectivity index (χ1v) is 5.67. The summed E-state index contributed by atoms with van der Waals surface area (Å²) >= 11 is 0. The smallest absolute Gasteiger partial charge is 0.323 e. The minimum atomic E-state index is -1.16. The minimum Gasteiger partial charge on any atom is -0.480 e. The number of anilines is 2. The average Bonchev–Trinajstić information content (AvgIpc) is 2.82. The first-order valence-electron chi connectivity index (χ1n) is 5.67. The highest BCUT2D eigenvalue weighted by molar-refractivity contribution is 6.09. The molecule has 0 fully saturated rings. The van der Waals surface area contributed by atoms with Crippen molar-refractivity contribution in [2.75, 3.05) is 17.2 Å². The molecule has 104 valence electrons. The van der Waals surface area contributed by atoms with Gasteiger partial charge in [-0.1, -0.05) is 17.7 Å². The predicted molar refractivity (Wildman–Crippen MR) is 69.2 cm³/mol. The molecule has 1 amide bonds. The van der Waals surface area contributed by atoms with Crippen molar-refractivity contribution in [1.82, 2.24) is 10.3 Å². The van der Waals surface area contributed by atoms with E-state index < -0.39 is 18.4 Å². The summed E-state index contributed by atoms with van der Waals surface area (Å²) in [6.45, 7) is 1.36. The fourth-order valence-corrected chi connectivity index (χ4v) is 1.61. The average molecular weight is 276 g/mol. The number of hydrogen-bond acceptors (Lipinski definition) is 6. The normalized spacial score (nSPS) is 10.2. The molecule has 20 heavy (non-hydrogen) atoms. The number of hydrogen-bond donors (Lipinski definition) is 2. The van der Waals surface area contributed by atoms with Gasteiger partial charge in [-0.05, 0) is 29.4 Å². The number of nitrogens with two attached hydrogens (primary N) is 1. The molecule has 1 aromatic heterocycles. The number of aryl methyl sites for hydroxylation is 1. The van der Waals surface area contributed by atoms with Gasteiger partial charge in [0.15, 0.2) is 0 Å². The molecule has 0 radical (unpaired) electrons. The zero-order valence-electron chi connectivity index (χ0n) is 10.6. The van der Waals surface area contributed by atoms with Gasteiger partial charge in [-0.25, -0.2) is 4.63 Å². The van der Waals surface area contributed by atoms with Crippen LogP contribution >= 0.6 is 0 Å². The van der Waals surface area contributed by atoms with Crippen molar-refractivity contribution < 1.29 is 19.3 Å². The minimum absolute atomic E-state index is 0.183. The number of carboxylic acid groups (broad SMARTS) is 1. The molecule has 0 atom stereocenters. The number of carbonyl (C=O) groups excluding carboxylic acids is 1. The highest BCUT2D eigenvalue weighted by Gasteiger charge is 2.25. The van der Waals surface area contributed by atoms with Crippen LogP contribution in [0.1, 0.15) is 16.1 Å². The van der Waals surface area contributed by atoms with Crippen LogP contribution in [-0.2, 0) is 4.79 Å². The van der Waals surface area contributed by atoms with Crippen LogP contribution in [0.4, 0.5) is 11.5 Å². The van der Waals surface area contributed by atoms with Crippen molar-refractivity contribution in [3.8, 4) is 0 Å². The molecule has 0 aliphatic rings. The third-order valence-electron chi connectivity index (χ3n) is 2.60. The van der Waals surface area contributed by atoms with Gasteiger partial charge >= 0.3 is 5.97 Å². The summed E-state index contributed by atoms with van der Waals surface area (Å²) in [6.07, 6.45) is 0. The molecule has 0 bridgehead atoms. The van der Waals surface area contributed by atoms with Crippen LogP contribution in [0.15, 0.2) is 28.9 Å². The van der Waals surface area contributed by atoms with Crippen LogP contribution in [0.3, 0.4) is 0 Å². The number of rotatable bonds is 4. The van der Waals surface area contributed by atoms with Crippen LogP contribution in [0.5, 0.6) is 0 Å². The maximum atomic E-state index is 12.3. The number of aromatic nitrogens is 2. The molecule has 0 saturated carbocycles. The van der Waals surface area contributed by atoms with Crippen molar-refractivity contribution in [2.45, 2.75) is 6.92 Å². The fourth-order valence-electron chi connectivity index (χ4n) is 1.61. The van der Waals surface area contributed by atoms with E-state index in [1.54, 1.807) is 24.3 Å². The molecule has 8 heteroatoms.